The van der Waals surface area contributed by atoms with Gasteiger partial charge in [0.2, 0.25) is 0 Å². The molecule has 2 fully saturated rings. The van der Waals surface area contributed by atoms with Crippen LogP contribution >= 0.6 is 0 Å². The Morgan fingerprint density at radius 3 is 2.78 bits per heavy atom. The average Bonchev–Trinajstić information content (AvgIpc) is 2.39. The number of carboxylic acid groups (broad SMARTS) is 1. The number of carbonyl (C=O) groups is 1. The number of carboxylic acids is 1. The smallest absolute Gasteiger partial charge is 0.334 e. The minimum absolute atomic E-state index is 0.301. The molecule has 3 unspecified atom stereocenters. The van der Waals surface area contributed by atoms with Gasteiger partial charge in [-0.2, -0.15) is 0 Å². The molecule has 0 aromatic carbocycles. The third-order valence-electron chi connectivity index (χ3n) is 3.92. The van der Waals surface area contributed by atoms with E-state index < -0.39 is 12.1 Å². The molecule has 18 heavy (non-hydrogen) atoms. The lowest BCUT2D eigenvalue weighted by Gasteiger charge is -2.41. The normalized spacial score (nSPS) is 34.7. The summed E-state index contributed by atoms with van der Waals surface area (Å²) >= 11 is 0. The van der Waals surface area contributed by atoms with Crippen LogP contribution in [0.5, 0.6) is 0 Å². The summed E-state index contributed by atoms with van der Waals surface area (Å²) in [5.41, 5.74) is 0. The van der Waals surface area contributed by atoms with E-state index in [9.17, 15) is 4.79 Å². The molecule has 2 rings (SSSR count). The quantitative estimate of drug-likeness (QED) is 0.816. The van der Waals surface area contributed by atoms with Crippen molar-refractivity contribution in [2.75, 3.05) is 26.3 Å². The highest BCUT2D eigenvalue weighted by molar-refractivity contribution is 5.72. The van der Waals surface area contributed by atoms with Crippen molar-refractivity contribution >= 4 is 5.97 Å². The first-order chi connectivity index (χ1) is 8.58. The van der Waals surface area contributed by atoms with Crippen LogP contribution in [-0.2, 0) is 14.3 Å². The maximum atomic E-state index is 11.0. The van der Waals surface area contributed by atoms with Gasteiger partial charge in [0.1, 0.15) is 0 Å². The molecule has 0 aromatic rings. The molecule has 0 amide bonds. The van der Waals surface area contributed by atoms with E-state index in [1.165, 1.54) is 0 Å². The second-order valence-electron chi connectivity index (χ2n) is 5.52. The molecule has 104 valence electrons. The van der Waals surface area contributed by atoms with Gasteiger partial charge >= 0.3 is 5.97 Å². The maximum absolute atomic E-state index is 11.0. The largest absolute Gasteiger partial charge is 0.479 e. The van der Waals surface area contributed by atoms with Gasteiger partial charge in [-0.25, -0.2) is 4.79 Å². The van der Waals surface area contributed by atoms with E-state index >= 15 is 0 Å². The standard InChI is InChI=1S/C13H23NO4/c1-9(2)11-7-10(3-5-17-11)14-4-6-18-12(8-14)13(15)16/h9-12H,3-8H2,1-2H3,(H,15,16). The van der Waals surface area contributed by atoms with E-state index in [2.05, 4.69) is 18.7 Å². The number of hydrogen-bond acceptors (Lipinski definition) is 4. The van der Waals surface area contributed by atoms with Crippen molar-refractivity contribution < 1.29 is 19.4 Å². The number of ether oxygens (including phenoxy) is 2. The van der Waals surface area contributed by atoms with Crippen LogP contribution in [-0.4, -0.2) is 60.5 Å². The summed E-state index contributed by atoms with van der Waals surface area (Å²) < 4.78 is 11.0. The lowest BCUT2D eigenvalue weighted by molar-refractivity contribution is -0.159. The van der Waals surface area contributed by atoms with E-state index in [-0.39, 0.29) is 0 Å². The topological polar surface area (TPSA) is 59.0 Å². The van der Waals surface area contributed by atoms with Gasteiger partial charge in [0.25, 0.3) is 0 Å². The molecular weight excluding hydrogens is 234 g/mol. The van der Waals surface area contributed by atoms with Crippen molar-refractivity contribution in [3.8, 4) is 0 Å². The summed E-state index contributed by atoms with van der Waals surface area (Å²) in [7, 11) is 0. The van der Waals surface area contributed by atoms with E-state index in [1.54, 1.807) is 0 Å². The zero-order chi connectivity index (χ0) is 13.1. The Kier molecular flexibility index (Phi) is 4.59. The number of aliphatic carboxylic acids is 1. The molecular formula is C13H23NO4. The van der Waals surface area contributed by atoms with Crippen molar-refractivity contribution in [1.29, 1.82) is 0 Å². The summed E-state index contributed by atoms with van der Waals surface area (Å²) in [6.07, 6.45) is 1.63. The minimum Gasteiger partial charge on any atom is -0.479 e. The zero-order valence-electron chi connectivity index (χ0n) is 11.2. The number of nitrogens with zero attached hydrogens (tertiary/aromatic N) is 1. The second-order valence-corrected chi connectivity index (χ2v) is 5.52. The van der Waals surface area contributed by atoms with Gasteiger partial charge in [-0.1, -0.05) is 13.8 Å². The highest BCUT2D eigenvalue weighted by Crippen LogP contribution is 2.25. The van der Waals surface area contributed by atoms with Gasteiger partial charge in [0.15, 0.2) is 6.10 Å². The van der Waals surface area contributed by atoms with Gasteiger partial charge in [0.05, 0.1) is 12.7 Å². The molecule has 2 heterocycles. The van der Waals surface area contributed by atoms with Crippen molar-refractivity contribution in [2.24, 2.45) is 5.92 Å². The molecule has 2 aliphatic rings. The maximum Gasteiger partial charge on any atom is 0.334 e. The average molecular weight is 257 g/mol. The molecule has 5 heteroatoms. The molecule has 0 aliphatic carbocycles. The fourth-order valence-electron chi connectivity index (χ4n) is 2.76. The number of hydrogen-bond donors (Lipinski definition) is 1. The van der Waals surface area contributed by atoms with Crippen LogP contribution in [0.25, 0.3) is 0 Å². The third kappa shape index (κ3) is 3.22. The Balaban J connectivity index is 1.92. The highest BCUT2D eigenvalue weighted by atomic mass is 16.5. The predicted molar refractivity (Wildman–Crippen MR) is 66.5 cm³/mol. The van der Waals surface area contributed by atoms with Crippen LogP contribution in [0, 0.1) is 5.92 Å². The van der Waals surface area contributed by atoms with E-state index in [0.717, 1.165) is 26.0 Å². The highest BCUT2D eigenvalue weighted by Gasteiger charge is 2.34. The number of morpholine rings is 1. The summed E-state index contributed by atoms with van der Waals surface area (Å²) in [4.78, 5) is 13.2. The van der Waals surface area contributed by atoms with Crippen molar-refractivity contribution in [1.82, 2.24) is 4.90 Å². The SMILES string of the molecule is CC(C)C1CC(N2CCOC(C(=O)O)C2)CCO1. The van der Waals surface area contributed by atoms with Crippen molar-refractivity contribution in [3.63, 3.8) is 0 Å². The first-order valence-corrected chi connectivity index (χ1v) is 6.78. The van der Waals surface area contributed by atoms with Crippen LogP contribution in [0.2, 0.25) is 0 Å². The van der Waals surface area contributed by atoms with Crippen LogP contribution < -0.4 is 0 Å². The monoisotopic (exact) mass is 257 g/mol. The number of rotatable bonds is 3. The Morgan fingerprint density at radius 1 is 1.33 bits per heavy atom. The lowest BCUT2D eigenvalue weighted by atomic mass is 9.94. The fraction of sp³-hybridized carbons (Fsp3) is 0.923. The van der Waals surface area contributed by atoms with Gasteiger partial charge in [-0.3, -0.25) is 4.90 Å². The molecule has 0 aromatic heterocycles. The van der Waals surface area contributed by atoms with Crippen LogP contribution in [0.3, 0.4) is 0 Å². The lowest BCUT2D eigenvalue weighted by Crippen LogP contribution is -2.52. The Bertz CT molecular complexity index is 295. The first-order valence-electron chi connectivity index (χ1n) is 6.78. The Labute approximate surface area is 108 Å². The molecule has 2 saturated heterocycles. The van der Waals surface area contributed by atoms with Gasteiger partial charge < -0.3 is 14.6 Å². The van der Waals surface area contributed by atoms with Crippen LogP contribution in [0.4, 0.5) is 0 Å². The fourth-order valence-corrected chi connectivity index (χ4v) is 2.76. The Hall–Kier alpha value is -0.650. The van der Waals surface area contributed by atoms with Crippen LogP contribution in [0.15, 0.2) is 0 Å². The van der Waals surface area contributed by atoms with E-state index in [4.69, 9.17) is 14.6 Å². The molecule has 5 nitrogen and oxygen atoms in total. The molecule has 0 radical (unpaired) electrons. The Morgan fingerprint density at radius 2 is 2.11 bits per heavy atom. The predicted octanol–water partition coefficient (Wildman–Crippen LogP) is 0.975. The first kappa shape index (κ1) is 13.8. The van der Waals surface area contributed by atoms with Gasteiger partial charge in [0, 0.05) is 25.7 Å². The summed E-state index contributed by atoms with van der Waals surface area (Å²) in [5.74, 6) is -0.337. The molecule has 0 spiro atoms. The van der Waals surface area contributed by atoms with Crippen molar-refractivity contribution in [2.45, 2.75) is 44.9 Å². The molecule has 0 saturated carbocycles. The molecule has 3 atom stereocenters. The molecule has 2 aliphatic heterocycles. The summed E-state index contributed by atoms with van der Waals surface area (Å²) in [6, 6.07) is 0.442. The third-order valence-corrected chi connectivity index (χ3v) is 3.92. The van der Waals surface area contributed by atoms with E-state index in [1.807, 2.05) is 0 Å². The zero-order valence-corrected chi connectivity index (χ0v) is 11.2. The molecule has 1 N–H and O–H groups in total. The van der Waals surface area contributed by atoms with Gasteiger partial charge in [-0.15, -0.1) is 0 Å². The van der Waals surface area contributed by atoms with Crippen LogP contribution in [0.1, 0.15) is 26.7 Å². The molecule has 0 bridgehead atoms. The summed E-state index contributed by atoms with van der Waals surface area (Å²) in [5, 5.41) is 9.02. The summed E-state index contributed by atoms with van der Waals surface area (Å²) in [6.45, 7) is 6.98. The van der Waals surface area contributed by atoms with Crippen molar-refractivity contribution in [3.05, 3.63) is 0 Å². The minimum atomic E-state index is -0.854. The van der Waals surface area contributed by atoms with Gasteiger partial charge in [-0.05, 0) is 18.8 Å². The second kappa shape index (κ2) is 5.99. The van der Waals surface area contributed by atoms with E-state index in [0.29, 0.717) is 31.2 Å².